The van der Waals surface area contributed by atoms with E-state index in [2.05, 4.69) is 4.72 Å². The van der Waals surface area contributed by atoms with Crippen molar-refractivity contribution in [3.63, 3.8) is 0 Å². The minimum Gasteiger partial charge on any atom is -0.435 e. The van der Waals surface area contributed by atoms with E-state index in [1.54, 1.807) is 32.0 Å². The van der Waals surface area contributed by atoms with Crippen molar-refractivity contribution in [1.29, 1.82) is 0 Å². The summed E-state index contributed by atoms with van der Waals surface area (Å²) >= 11 is 0. The predicted octanol–water partition coefficient (Wildman–Crippen LogP) is 2.58. The van der Waals surface area contributed by atoms with Crippen LogP contribution in [0.1, 0.15) is 40.0 Å². The molecule has 144 valence electrons. The molecule has 7 nitrogen and oxygen atoms in total. The molecule has 0 aromatic heterocycles. The van der Waals surface area contributed by atoms with Crippen molar-refractivity contribution >= 4 is 22.0 Å². The van der Waals surface area contributed by atoms with Crippen LogP contribution in [-0.2, 0) is 14.8 Å². The topological polar surface area (TPSA) is 101 Å². The van der Waals surface area contributed by atoms with Crippen molar-refractivity contribution in [3.8, 4) is 0 Å². The van der Waals surface area contributed by atoms with E-state index in [9.17, 15) is 23.1 Å². The molecule has 4 atom stereocenters. The van der Waals surface area contributed by atoms with Crippen molar-refractivity contribution in [1.82, 2.24) is 4.72 Å². The molecule has 2 amide bonds. The van der Waals surface area contributed by atoms with Gasteiger partial charge in [0.1, 0.15) is 12.1 Å². The van der Waals surface area contributed by atoms with Crippen molar-refractivity contribution in [2.75, 3.05) is 6.54 Å². The summed E-state index contributed by atoms with van der Waals surface area (Å²) < 4.78 is 27.2. The Kier molecular flexibility index (Phi) is 6.21. The Morgan fingerprint density at radius 2 is 1.92 bits per heavy atom. The molecule has 1 saturated heterocycles. The molecule has 0 saturated carbocycles. The van der Waals surface area contributed by atoms with Gasteiger partial charge in [0.2, 0.25) is 10.0 Å². The SMILES string of the molecule is CC[C@H](C)[C@H](NS(=O)(=O)c1ccccc1)C(=O)[N+]1(C(=O)O)CCC[C@H]1C. The summed E-state index contributed by atoms with van der Waals surface area (Å²) in [7, 11) is -3.93. The molecule has 0 bridgehead atoms. The van der Waals surface area contributed by atoms with Gasteiger partial charge in [0.25, 0.3) is 0 Å². The van der Waals surface area contributed by atoms with Crippen molar-refractivity contribution in [2.24, 2.45) is 5.92 Å². The number of rotatable bonds is 6. The van der Waals surface area contributed by atoms with Crippen LogP contribution in [0.3, 0.4) is 0 Å². The molecule has 1 aliphatic rings. The second kappa shape index (κ2) is 7.85. The number of likely N-dealkylation sites (tertiary alicyclic amines) is 1. The van der Waals surface area contributed by atoms with Crippen LogP contribution in [0, 0.1) is 5.92 Å². The van der Waals surface area contributed by atoms with E-state index in [1.807, 2.05) is 6.92 Å². The number of amides is 2. The normalized spacial score (nSPS) is 25.6. The van der Waals surface area contributed by atoms with Gasteiger partial charge in [-0.15, -0.1) is 0 Å². The average Bonchev–Trinajstić information content (AvgIpc) is 3.01. The quantitative estimate of drug-likeness (QED) is 0.736. The lowest BCUT2D eigenvalue weighted by atomic mass is 9.97. The van der Waals surface area contributed by atoms with Crippen LogP contribution in [0.5, 0.6) is 0 Å². The number of sulfonamides is 1. The summed E-state index contributed by atoms with van der Waals surface area (Å²) in [4.78, 5) is 25.3. The largest absolute Gasteiger partial charge is 0.521 e. The van der Waals surface area contributed by atoms with Crippen LogP contribution in [0.4, 0.5) is 4.79 Å². The summed E-state index contributed by atoms with van der Waals surface area (Å²) in [6, 6.07) is 6.31. The third-order valence-electron chi connectivity index (χ3n) is 5.43. The highest BCUT2D eigenvalue weighted by Gasteiger charge is 2.56. The van der Waals surface area contributed by atoms with Gasteiger partial charge in [-0.25, -0.2) is 13.2 Å². The van der Waals surface area contributed by atoms with Crippen LogP contribution < -0.4 is 4.72 Å². The molecule has 2 rings (SSSR count). The van der Waals surface area contributed by atoms with E-state index in [0.717, 1.165) is 0 Å². The molecule has 1 aliphatic heterocycles. The zero-order valence-electron chi connectivity index (χ0n) is 15.4. The highest BCUT2D eigenvalue weighted by Crippen LogP contribution is 2.31. The molecule has 0 radical (unpaired) electrons. The van der Waals surface area contributed by atoms with E-state index >= 15 is 0 Å². The lowest BCUT2D eigenvalue weighted by Gasteiger charge is -2.34. The Balaban J connectivity index is 2.42. The summed E-state index contributed by atoms with van der Waals surface area (Å²) in [6.45, 7) is 5.53. The number of imide groups is 1. The minimum atomic E-state index is -3.93. The van der Waals surface area contributed by atoms with E-state index in [4.69, 9.17) is 0 Å². The van der Waals surface area contributed by atoms with E-state index in [0.29, 0.717) is 19.3 Å². The number of quaternary nitrogens is 1. The lowest BCUT2D eigenvalue weighted by molar-refractivity contribution is -0.793. The molecule has 1 aromatic carbocycles. The second-order valence-electron chi connectivity index (χ2n) is 7.00. The number of carbonyl (C=O) groups is 2. The first-order valence-electron chi connectivity index (χ1n) is 8.89. The summed E-state index contributed by atoms with van der Waals surface area (Å²) in [6.07, 6.45) is 0.572. The summed E-state index contributed by atoms with van der Waals surface area (Å²) in [5.74, 6) is -0.917. The fraction of sp³-hybridized carbons (Fsp3) is 0.556. The number of nitrogens with one attached hydrogen (secondary N) is 1. The molecular formula is C18H27N2O5S+. The van der Waals surface area contributed by atoms with Crippen molar-refractivity contribution in [2.45, 2.75) is 57.0 Å². The number of hydrogen-bond acceptors (Lipinski definition) is 4. The molecule has 8 heteroatoms. The molecule has 2 N–H and O–H groups in total. The van der Waals surface area contributed by atoms with Crippen molar-refractivity contribution < 1.29 is 27.6 Å². The highest BCUT2D eigenvalue weighted by atomic mass is 32.2. The maximum absolute atomic E-state index is 13.3. The number of carboxylic acid groups (broad SMARTS) is 1. The van der Waals surface area contributed by atoms with E-state index in [1.165, 1.54) is 12.1 Å². The Morgan fingerprint density at radius 3 is 2.38 bits per heavy atom. The van der Waals surface area contributed by atoms with Crippen LogP contribution in [-0.4, -0.2) is 48.6 Å². The van der Waals surface area contributed by atoms with Gasteiger partial charge in [-0.2, -0.15) is 14.0 Å². The van der Waals surface area contributed by atoms with E-state index in [-0.39, 0.29) is 23.4 Å². The standard InChI is InChI=1S/C18H26N2O5S/c1-4-13(2)16(19-26(24,25)15-10-6-5-7-11-15)17(21)20(18(22)23)12-8-9-14(20)3/h5-7,10-11,13-14,16,19H,4,8-9,12H2,1-3H3/p+1/t13-,14+,16-,20?/m0/s1. The van der Waals surface area contributed by atoms with Crippen LogP contribution in [0.2, 0.25) is 0 Å². The van der Waals surface area contributed by atoms with Gasteiger partial charge in [-0.3, -0.25) is 0 Å². The van der Waals surface area contributed by atoms with Gasteiger partial charge in [0, 0.05) is 12.8 Å². The molecule has 1 heterocycles. The Hall–Kier alpha value is -1.77. The first kappa shape index (κ1) is 20.5. The van der Waals surface area contributed by atoms with E-state index < -0.39 is 32.5 Å². The van der Waals surface area contributed by atoms with Gasteiger partial charge < -0.3 is 5.11 Å². The molecular weight excluding hydrogens is 356 g/mol. The van der Waals surface area contributed by atoms with Gasteiger partial charge in [0.15, 0.2) is 0 Å². The molecule has 1 fully saturated rings. The first-order valence-corrected chi connectivity index (χ1v) is 10.4. The minimum absolute atomic E-state index is 0.0532. The van der Waals surface area contributed by atoms with Crippen molar-refractivity contribution in [3.05, 3.63) is 30.3 Å². The van der Waals surface area contributed by atoms with Gasteiger partial charge in [-0.1, -0.05) is 38.5 Å². The maximum Gasteiger partial charge on any atom is 0.521 e. The molecule has 26 heavy (non-hydrogen) atoms. The molecule has 1 aromatic rings. The smallest absolute Gasteiger partial charge is 0.435 e. The number of carbonyl (C=O) groups excluding carboxylic acids is 1. The fourth-order valence-corrected chi connectivity index (χ4v) is 4.83. The molecule has 0 aliphatic carbocycles. The second-order valence-corrected chi connectivity index (χ2v) is 8.72. The fourth-order valence-electron chi connectivity index (χ4n) is 3.51. The third-order valence-corrected chi connectivity index (χ3v) is 6.89. The monoisotopic (exact) mass is 383 g/mol. The van der Waals surface area contributed by atoms with Gasteiger partial charge in [0.05, 0.1) is 11.4 Å². The zero-order valence-corrected chi connectivity index (χ0v) is 16.2. The number of nitrogens with zero attached hydrogens (tertiary/aromatic N) is 1. The third kappa shape index (κ3) is 3.67. The Labute approximate surface area is 154 Å². The first-order chi connectivity index (χ1) is 12.2. The maximum atomic E-state index is 13.3. The zero-order chi connectivity index (χ0) is 19.5. The lowest BCUT2D eigenvalue weighted by Crippen LogP contribution is -2.65. The molecule has 0 spiro atoms. The van der Waals surface area contributed by atoms with Gasteiger partial charge in [-0.05, 0) is 25.0 Å². The van der Waals surface area contributed by atoms with Crippen LogP contribution in [0.15, 0.2) is 35.2 Å². The summed E-state index contributed by atoms with van der Waals surface area (Å²) in [5, 5.41) is 9.80. The van der Waals surface area contributed by atoms with Crippen LogP contribution >= 0.6 is 0 Å². The Morgan fingerprint density at radius 1 is 1.31 bits per heavy atom. The Bertz CT molecular complexity index is 765. The number of benzene rings is 1. The van der Waals surface area contributed by atoms with Crippen LogP contribution in [0.25, 0.3) is 0 Å². The molecule has 1 unspecified atom stereocenters. The predicted molar refractivity (Wildman–Crippen MR) is 96.9 cm³/mol. The summed E-state index contributed by atoms with van der Waals surface area (Å²) in [5.41, 5.74) is 0. The number of hydrogen-bond donors (Lipinski definition) is 2. The van der Waals surface area contributed by atoms with Gasteiger partial charge >= 0.3 is 12.0 Å². The average molecular weight is 383 g/mol. The highest BCUT2D eigenvalue weighted by molar-refractivity contribution is 7.89.